The number of carbonyl (C=O) groups is 1. The molecule has 4 rings (SSSR count). The second-order valence-corrected chi connectivity index (χ2v) is 12.9. The molecular weight excluding hydrogens is 512 g/mol. The van der Waals surface area contributed by atoms with E-state index in [0.717, 1.165) is 22.9 Å². The average molecular weight is 546 g/mol. The first-order valence-corrected chi connectivity index (χ1v) is 12.6. The van der Waals surface area contributed by atoms with E-state index in [1.807, 2.05) is 6.92 Å². The molecule has 0 radical (unpaired) electrons. The predicted molar refractivity (Wildman–Crippen MR) is 140 cm³/mol. The molecule has 0 aromatic heterocycles. The number of fused-ring (bicyclic) bond motifs is 2. The maximum absolute atomic E-state index is 12.0. The first-order chi connectivity index (χ1) is 14.2. The number of benzene rings is 2. The molecule has 2 aromatic carbocycles. The summed E-state index contributed by atoms with van der Waals surface area (Å²) in [6.45, 7) is 17.5. The number of rotatable bonds is 0. The molecule has 0 heterocycles. The average Bonchev–Trinajstić information content (AvgIpc) is 3.15. The first kappa shape index (κ1) is 24.5. The molecule has 3 heteroatoms. The normalized spacial score (nSPS) is 17.7. The van der Waals surface area contributed by atoms with Crippen molar-refractivity contribution >= 4 is 43.7 Å². The first-order valence-electron chi connectivity index (χ1n) is 11.1. The van der Waals surface area contributed by atoms with E-state index in [9.17, 15) is 4.79 Å². The third-order valence-electron chi connectivity index (χ3n) is 6.24. The monoisotopic (exact) mass is 544 g/mol. The van der Waals surface area contributed by atoms with Crippen LogP contribution in [0.25, 0.3) is 6.08 Å². The van der Waals surface area contributed by atoms with Gasteiger partial charge in [0.2, 0.25) is 0 Å². The highest BCUT2D eigenvalue weighted by molar-refractivity contribution is 9.10. The predicted octanol–water partition coefficient (Wildman–Crippen LogP) is 8.83. The second kappa shape index (κ2) is 8.63. The molecule has 2 aromatic rings. The molecule has 2 aliphatic rings. The fourth-order valence-corrected chi connectivity index (χ4v) is 5.40. The van der Waals surface area contributed by atoms with Crippen molar-refractivity contribution in [1.82, 2.24) is 0 Å². The van der Waals surface area contributed by atoms with Gasteiger partial charge in [0.05, 0.1) is 0 Å². The Morgan fingerprint density at radius 1 is 0.839 bits per heavy atom. The second-order valence-electron chi connectivity index (χ2n) is 11.1. The van der Waals surface area contributed by atoms with Crippen LogP contribution in [0, 0.1) is 5.92 Å². The highest BCUT2D eigenvalue weighted by Gasteiger charge is 2.30. The van der Waals surface area contributed by atoms with E-state index in [-0.39, 0.29) is 16.7 Å². The van der Waals surface area contributed by atoms with Gasteiger partial charge < -0.3 is 0 Å². The Hall–Kier alpha value is -1.19. The lowest BCUT2D eigenvalue weighted by molar-refractivity contribution is 0.0946. The smallest absolute Gasteiger partial charge is 0.166 e. The van der Waals surface area contributed by atoms with Crippen molar-refractivity contribution < 1.29 is 4.79 Å². The van der Waals surface area contributed by atoms with Crippen LogP contribution >= 0.6 is 31.9 Å². The Bertz CT molecular complexity index is 1060. The van der Waals surface area contributed by atoms with Gasteiger partial charge in [-0.15, -0.1) is 0 Å². The molecule has 0 N–H and O–H groups in total. The summed E-state index contributed by atoms with van der Waals surface area (Å²) < 4.78 is 2.35. The van der Waals surface area contributed by atoms with E-state index in [0.29, 0.717) is 5.78 Å². The number of hydrogen-bond donors (Lipinski definition) is 0. The molecular formula is C28H34Br2O. The quantitative estimate of drug-likeness (QED) is 0.323. The minimum absolute atomic E-state index is 0.0870. The van der Waals surface area contributed by atoms with Gasteiger partial charge in [-0.2, -0.15) is 0 Å². The van der Waals surface area contributed by atoms with Crippen molar-refractivity contribution in [3.05, 3.63) is 72.2 Å². The summed E-state index contributed by atoms with van der Waals surface area (Å²) in [6.07, 6.45) is 4.27. The maximum Gasteiger partial charge on any atom is 0.166 e. The minimum atomic E-state index is 0.0870. The Labute approximate surface area is 205 Å². The fourth-order valence-electron chi connectivity index (χ4n) is 4.16. The van der Waals surface area contributed by atoms with Crippen molar-refractivity contribution in [2.24, 2.45) is 5.92 Å². The summed E-state index contributed by atoms with van der Waals surface area (Å²) in [5, 5.41) is 0. The summed E-state index contributed by atoms with van der Waals surface area (Å²) in [5.41, 5.74) is 9.34. The highest BCUT2D eigenvalue weighted by atomic mass is 79.9. The largest absolute Gasteiger partial charge is 0.294 e. The van der Waals surface area contributed by atoms with E-state index in [1.54, 1.807) is 0 Å². The summed E-state index contributed by atoms with van der Waals surface area (Å²) >= 11 is 7.28. The lowest BCUT2D eigenvalue weighted by Gasteiger charge is -2.20. The van der Waals surface area contributed by atoms with Crippen molar-refractivity contribution in [2.75, 3.05) is 0 Å². The third-order valence-corrected chi connectivity index (χ3v) is 7.65. The molecule has 0 saturated heterocycles. The number of Topliss-reactive ketones (excluding diaryl/α,β-unsaturated/α-hetero) is 1. The zero-order chi connectivity index (χ0) is 23.3. The van der Waals surface area contributed by atoms with Gasteiger partial charge in [0.25, 0.3) is 0 Å². The number of halogens is 2. The standard InChI is InChI=1S/C14H17BrO.C14H17Br/c1-8-5-10-11(13(8)16)6-9(7-12(10)15)14(2,3)4;1-9-5-10-7-11(14(2,3)4)8-13(15)12(10)6-9/h6-8H,5H2,1-4H3;5,7-8H,6H2,1-4H3. The topological polar surface area (TPSA) is 17.1 Å². The third kappa shape index (κ3) is 5.25. The summed E-state index contributed by atoms with van der Waals surface area (Å²) in [7, 11) is 0. The van der Waals surface area contributed by atoms with Gasteiger partial charge in [-0.25, -0.2) is 0 Å². The van der Waals surface area contributed by atoms with Crippen LogP contribution in [0.4, 0.5) is 0 Å². The molecule has 166 valence electrons. The number of carbonyl (C=O) groups excluding carboxylic acids is 1. The molecule has 0 amide bonds. The lowest BCUT2D eigenvalue weighted by Crippen LogP contribution is -2.12. The van der Waals surface area contributed by atoms with Crippen LogP contribution in [0.5, 0.6) is 0 Å². The van der Waals surface area contributed by atoms with Crippen LogP contribution in [0.2, 0.25) is 0 Å². The minimum Gasteiger partial charge on any atom is -0.294 e. The van der Waals surface area contributed by atoms with E-state index in [2.05, 4.69) is 111 Å². The van der Waals surface area contributed by atoms with Gasteiger partial charge in [0, 0.05) is 20.4 Å². The molecule has 0 spiro atoms. The van der Waals surface area contributed by atoms with Gasteiger partial charge in [0.1, 0.15) is 0 Å². The maximum atomic E-state index is 12.0. The number of ketones is 1. The summed E-state index contributed by atoms with van der Waals surface area (Å²) in [5.74, 6) is 0.434. The van der Waals surface area contributed by atoms with Crippen LogP contribution in [0.1, 0.15) is 93.6 Å². The molecule has 0 bridgehead atoms. The molecule has 0 aliphatic heterocycles. The SMILES string of the molecule is CC1=Cc2cc(C(C)(C)C)cc(Br)c2C1.CC1Cc2c(Br)cc(C(C)(C)C)cc2C1=O. The lowest BCUT2D eigenvalue weighted by atomic mass is 9.85. The number of hydrogen-bond acceptors (Lipinski definition) is 1. The van der Waals surface area contributed by atoms with Crippen LogP contribution in [-0.2, 0) is 23.7 Å². The van der Waals surface area contributed by atoms with Gasteiger partial charge in [-0.1, -0.05) is 98.0 Å². The molecule has 1 unspecified atom stereocenters. The number of allylic oxidation sites excluding steroid dienone is 1. The van der Waals surface area contributed by atoms with Crippen LogP contribution in [-0.4, -0.2) is 5.78 Å². The molecule has 1 nitrogen and oxygen atoms in total. The van der Waals surface area contributed by atoms with Gasteiger partial charge >= 0.3 is 0 Å². The zero-order valence-electron chi connectivity index (χ0n) is 20.0. The van der Waals surface area contributed by atoms with Gasteiger partial charge in [-0.05, 0) is 76.6 Å². The van der Waals surface area contributed by atoms with E-state index in [1.165, 1.54) is 37.9 Å². The van der Waals surface area contributed by atoms with Crippen molar-refractivity contribution in [3.8, 4) is 0 Å². The van der Waals surface area contributed by atoms with Crippen molar-refractivity contribution in [2.45, 2.75) is 79.1 Å². The van der Waals surface area contributed by atoms with E-state index < -0.39 is 0 Å². The molecule has 2 aliphatic carbocycles. The Balaban J connectivity index is 0.000000176. The van der Waals surface area contributed by atoms with E-state index in [4.69, 9.17) is 0 Å². The fraction of sp³-hybridized carbons (Fsp3) is 0.464. The summed E-state index contributed by atoms with van der Waals surface area (Å²) in [4.78, 5) is 12.0. The zero-order valence-corrected chi connectivity index (χ0v) is 23.2. The van der Waals surface area contributed by atoms with Gasteiger partial charge in [-0.3, -0.25) is 4.79 Å². The van der Waals surface area contributed by atoms with Crippen molar-refractivity contribution in [3.63, 3.8) is 0 Å². The van der Waals surface area contributed by atoms with Crippen LogP contribution in [0.3, 0.4) is 0 Å². The van der Waals surface area contributed by atoms with Crippen LogP contribution < -0.4 is 0 Å². The van der Waals surface area contributed by atoms with E-state index >= 15 is 0 Å². The van der Waals surface area contributed by atoms with Crippen LogP contribution in [0.15, 0.2) is 38.8 Å². The molecule has 31 heavy (non-hydrogen) atoms. The summed E-state index contributed by atoms with van der Waals surface area (Å²) in [6, 6.07) is 8.83. The molecule has 0 saturated carbocycles. The van der Waals surface area contributed by atoms with Gasteiger partial charge in [0.15, 0.2) is 5.78 Å². The molecule has 0 fully saturated rings. The highest BCUT2D eigenvalue weighted by Crippen LogP contribution is 2.37. The Morgan fingerprint density at radius 3 is 1.90 bits per heavy atom. The Kier molecular flexibility index (Phi) is 6.81. The Morgan fingerprint density at radius 2 is 1.35 bits per heavy atom. The van der Waals surface area contributed by atoms with Crippen molar-refractivity contribution in [1.29, 1.82) is 0 Å². The molecule has 1 atom stereocenters.